The van der Waals surface area contributed by atoms with Crippen LogP contribution in [0.5, 0.6) is 0 Å². The molecule has 0 radical (unpaired) electrons. The second-order valence-corrected chi connectivity index (χ2v) is 4.69. The Kier molecular flexibility index (Phi) is 3.97. The van der Waals surface area contributed by atoms with Crippen molar-refractivity contribution in [1.29, 1.82) is 0 Å². The number of anilines is 2. The van der Waals surface area contributed by atoms with Crippen molar-refractivity contribution in [2.75, 3.05) is 17.4 Å². The third kappa shape index (κ3) is 3.20. The maximum atomic E-state index is 5.35. The molecule has 0 bridgehead atoms. The fourth-order valence-corrected chi connectivity index (χ4v) is 2.05. The zero-order valence-electron chi connectivity index (χ0n) is 11.5. The van der Waals surface area contributed by atoms with Crippen molar-refractivity contribution in [2.45, 2.75) is 20.4 Å². The zero-order valence-corrected chi connectivity index (χ0v) is 11.5. The van der Waals surface area contributed by atoms with Crippen LogP contribution in [0.3, 0.4) is 0 Å². The SMILES string of the molecule is Cc1cccc(CN(C)c2nc(NN)ncc2C)c1. The lowest BCUT2D eigenvalue weighted by Gasteiger charge is -2.20. The van der Waals surface area contributed by atoms with E-state index < -0.39 is 0 Å². The molecule has 0 spiro atoms. The van der Waals surface area contributed by atoms with Crippen molar-refractivity contribution in [2.24, 2.45) is 5.84 Å². The Morgan fingerprint density at radius 3 is 2.79 bits per heavy atom. The Morgan fingerprint density at radius 2 is 2.11 bits per heavy atom. The lowest BCUT2D eigenvalue weighted by Crippen LogP contribution is -2.20. The predicted molar refractivity (Wildman–Crippen MR) is 77.9 cm³/mol. The molecule has 0 aliphatic heterocycles. The first-order chi connectivity index (χ1) is 9.10. The fraction of sp³-hybridized carbons (Fsp3) is 0.286. The topological polar surface area (TPSA) is 67.1 Å². The molecule has 0 amide bonds. The smallest absolute Gasteiger partial charge is 0.239 e. The summed E-state index contributed by atoms with van der Waals surface area (Å²) in [6.45, 7) is 4.88. The molecular weight excluding hydrogens is 238 g/mol. The van der Waals surface area contributed by atoms with Crippen LogP contribution in [0.25, 0.3) is 0 Å². The van der Waals surface area contributed by atoms with E-state index in [1.807, 2.05) is 14.0 Å². The molecule has 0 atom stereocenters. The van der Waals surface area contributed by atoms with Gasteiger partial charge in [-0.25, -0.2) is 10.8 Å². The number of benzene rings is 1. The lowest BCUT2D eigenvalue weighted by molar-refractivity contribution is 0.881. The van der Waals surface area contributed by atoms with Gasteiger partial charge in [-0.1, -0.05) is 29.8 Å². The number of nitrogen functional groups attached to an aromatic ring is 1. The number of rotatable bonds is 4. The van der Waals surface area contributed by atoms with Gasteiger partial charge in [0.05, 0.1) is 0 Å². The number of nitrogens with zero attached hydrogens (tertiary/aromatic N) is 3. The summed E-state index contributed by atoms with van der Waals surface area (Å²) >= 11 is 0. The Balaban J connectivity index is 2.22. The molecule has 0 fully saturated rings. The maximum absolute atomic E-state index is 5.35. The number of aryl methyl sites for hydroxylation is 2. The Hall–Kier alpha value is -2.14. The average Bonchev–Trinajstić information content (AvgIpc) is 2.39. The Bertz CT molecular complexity index is 568. The van der Waals surface area contributed by atoms with Gasteiger partial charge in [0.15, 0.2) is 0 Å². The lowest BCUT2D eigenvalue weighted by atomic mass is 10.1. The van der Waals surface area contributed by atoms with Crippen LogP contribution in [0.1, 0.15) is 16.7 Å². The molecule has 1 aromatic heterocycles. The third-order valence-electron chi connectivity index (χ3n) is 2.94. The Labute approximate surface area is 113 Å². The van der Waals surface area contributed by atoms with Gasteiger partial charge in [-0.2, -0.15) is 4.98 Å². The average molecular weight is 257 g/mol. The van der Waals surface area contributed by atoms with Crippen molar-refractivity contribution < 1.29 is 0 Å². The second kappa shape index (κ2) is 5.67. The highest BCUT2D eigenvalue weighted by atomic mass is 15.3. The number of nitrogens with two attached hydrogens (primary N) is 1. The highest BCUT2D eigenvalue weighted by molar-refractivity contribution is 5.48. The summed E-state index contributed by atoms with van der Waals surface area (Å²) in [6.07, 6.45) is 1.77. The molecule has 0 aliphatic rings. The maximum Gasteiger partial charge on any atom is 0.239 e. The summed E-state index contributed by atoms with van der Waals surface area (Å²) in [4.78, 5) is 10.6. The van der Waals surface area contributed by atoms with Gasteiger partial charge in [-0.3, -0.25) is 5.43 Å². The first-order valence-corrected chi connectivity index (χ1v) is 6.17. The van der Waals surface area contributed by atoms with Crippen molar-refractivity contribution in [1.82, 2.24) is 9.97 Å². The minimum absolute atomic E-state index is 0.427. The molecule has 2 aromatic rings. The molecule has 2 rings (SSSR count). The molecule has 3 N–H and O–H groups in total. The van der Waals surface area contributed by atoms with E-state index in [-0.39, 0.29) is 0 Å². The quantitative estimate of drug-likeness (QED) is 0.648. The molecule has 0 aliphatic carbocycles. The number of nitrogens with one attached hydrogen (secondary N) is 1. The number of hydrazine groups is 1. The molecule has 0 saturated heterocycles. The van der Waals surface area contributed by atoms with Gasteiger partial charge in [-0.15, -0.1) is 0 Å². The van der Waals surface area contributed by atoms with E-state index in [4.69, 9.17) is 5.84 Å². The highest BCUT2D eigenvalue weighted by Crippen LogP contribution is 2.18. The minimum Gasteiger partial charge on any atom is -0.355 e. The molecular formula is C14H19N5. The van der Waals surface area contributed by atoms with E-state index >= 15 is 0 Å². The van der Waals surface area contributed by atoms with E-state index in [0.29, 0.717) is 5.95 Å². The van der Waals surface area contributed by atoms with Crippen LogP contribution in [0.15, 0.2) is 30.5 Å². The minimum atomic E-state index is 0.427. The molecule has 19 heavy (non-hydrogen) atoms. The number of hydrogen-bond donors (Lipinski definition) is 2. The van der Waals surface area contributed by atoms with Crippen molar-refractivity contribution in [3.63, 3.8) is 0 Å². The van der Waals surface area contributed by atoms with Gasteiger partial charge < -0.3 is 4.90 Å². The van der Waals surface area contributed by atoms with Gasteiger partial charge in [-0.05, 0) is 19.4 Å². The normalized spacial score (nSPS) is 10.3. The monoisotopic (exact) mass is 257 g/mol. The van der Waals surface area contributed by atoms with Crippen LogP contribution in [-0.2, 0) is 6.54 Å². The van der Waals surface area contributed by atoms with Crippen LogP contribution in [0, 0.1) is 13.8 Å². The van der Waals surface area contributed by atoms with Crippen molar-refractivity contribution in [3.05, 3.63) is 47.2 Å². The molecule has 5 nitrogen and oxygen atoms in total. The van der Waals surface area contributed by atoms with Gasteiger partial charge in [0, 0.05) is 25.4 Å². The summed E-state index contributed by atoms with van der Waals surface area (Å²) in [5, 5.41) is 0. The van der Waals surface area contributed by atoms with Crippen molar-refractivity contribution in [3.8, 4) is 0 Å². The number of aromatic nitrogens is 2. The van der Waals surface area contributed by atoms with Crippen LogP contribution >= 0.6 is 0 Å². The van der Waals surface area contributed by atoms with E-state index in [0.717, 1.165) is 17.9 Å². The first kappa shape index (κ1) is 13.3. The Morgan fingerprint density at radius 1 is 1.32 bits per heavy atom. The molecule has 5 heteroatoms. The highest BCUT2D eigenvalue weighted by Gasteiger charge is 2.09. The molecule has 100 valence electrons. The van der Waals surface area contributed by atoms with Crippen LogP contribution in [0.2, 0.25) is 0 Å². The van der Waals surface area contributed by atoms with Gasteiger partial charge in [0.1, 0.15) is 5.82 Å². The van der Waals surface area contributed by atoms with E-state index in [1.54, 1.807) is 6.20 Å². The predicted octanol–water partition coefficient (Wildman–Crippen LogP) is 2.02. The van der Waals surface area contributed by atoms with Crippen molar-refractivity contribution >= 4 is 11.8 Å². The molecule has 1 heterocycles. The summed E-state index contributed by atoms with van der Waals surface area (Å²) < 4.78 is 0. The van der Waals surface area contributed by atoms with Gasteiger partial charge >= 0.3 is 0 Å². The second-order valence-electron chi connectivity index (χ2n) is 4.69. The van der Waals surface area contributed by atoms with Crippen LogP contribution < -0.4 is 16.2 Å². The zero-order chi connectivity index (χ0) is 13.8. The van der Waals surface area contributed by atoms with Gasteiger partial charge in [0.2, 0.25) is 5.95 Å². The van der Waals surface area contributed by atoms with Crippen LogP contribution in [0.4, 0.5) is 11.8 Å². The third-order valence-corrected chi connectivity index (χ3v) is 2.94. The summed E-state index contributed by atoms with van der Waals surface area (Å²) in [6, 6.07) is 8.45. The molecule has 0 unspecified atom stereocenters. The van der Waals surface area contributed by atoms with Gasteiger partial charge in [0.25, 0.3) is 0 Å². The van der Waals surface area contributed by atoms with Crippen LogP contribution in [-0.4, -0.2) is 17.0 Å². The summed E-state index contributed by atoms with van der Waals surface area (Å²) in [5.74, 6) is 6.65. The van der Waals surface area contributed by atoms with E-state index in [9.17, 15) is 0 Å². The molecule has 0 saturated carbocycles. The summed E-state index contributed by atoms with van der Waals surface area (Å²) in [5.41, 5.74) is 6.01. The van der Waals surface area contributed by atoms with E-state index in [2.05, 4.69) is 51.5 Å². The fourth-order valence-electron chi connectivity index (χ4n) is 2.05. The molecule has 1 aromatic carbocycles. The standard InChI is InChI=1S/C14H19N5/c1-10-5-4-6-12(7-10)9-19(3)13-11(2)8-16-14(17-13)18-15/h4-8H,9,15H2,1-3H3,(H,16,17,18). The van der Waals surface area contributed by atoms with E-state index in [1.165, 1.54) is 11.1 Å². The summed E-state index contributed by atoms with van der Waals surface area (Å²) in [7, 11) is 2.01. The largest absolute Gasteiger partial charge is 0.355 e. The number of hydrogen-bond acceptors (Lipinski definition) is 5. The first-order valence-electron chi connectivity index (χ1n) is 6.17.